The first-order valence-corrected chi connectivity index (χ1v) is 6.64. The van der Waals surface area contributed by atoms with Gasteiger partial charge in [0.2, 0.25) is 0 Å². The lowest BCUT2D eigenvalue weighted by atomic mass is 10.0. The molecular formula is C14H27N. The summed E-state index contributed by atoms with van der Waals surface area (Å²) in [5.74, 6) is 1.78. The molecule has 0 bridgehead atoms. The van der Waals surface area contributed by atoms with Gasteiger partial charge in [-0.2, -0.15) is 0 Å². The van der Waals surface area contributed by atoms with E-state index in [2.05, 4.69) is 31.3 Å². The first-order chi connectivity index (χ1) is 7.29. The van der Waals surface area contributed by atoms with Crippen LogP contribution < -0.4 is 5.32 Å². The molecule has 0 aromatic carbocycles. The van der Waals surface area contributed by atoms with Crippen LogP contribution >= 0.6 is 0 Å². The van der Waals surface area contributed by atoms with Gasteiger partial charge in [0.25, 0.3) is 0 Å². The van der Waals surface area contributed by atoms with Crippen LogP contribution in [0.4, 0.5) is 0 Å². The largest absolute Gasteiger partial charge is 0.316 e. The van der Waals surface area contributed by atoms with E-state index in [1.165, 1.54) is 38.5 Å². The van der Waals surface area contributed by atoms with Crippen molar-refractivity contribution in [2.24, 2.45) is 11.8 Å². The smallest absolute Gasteiger partial charge is 0.00142 e. The first-order valence-electron chi connectivity index (χ1n) is 6.64. The quantitative estimate of drug-likeness (QED) is 0.497. The Balaban J connectivity index is 1.88. The Labute approximate surface area is 95.3 Å². The van der Waals surface area contributed by atoms with Crippen molar-refractivity contribution in [3.8, 4) is 0 Å². The fourth-order valence-corrected chi connectivity index (χ4v) is 2.23. The zero-order valence-electron chi connectivity index (χ0n) is 10.5. The lowest BCUT2D eigenvalue weighted by molar-refractivity contribution is 0.550. The molecular weight excluding hydrogens is 182 g/mol. The van der Waals surface area contributed by atoms with Crippen molar-refractivity contribution in [3.05, 3.63) is 12.2 Å². The summed E-state index contributed by atoms with van der Waals surface area (Å²) in [7, 11) is 0. The minimum Gasteiger partial charge on any atom is -0.316 e. The molecule has 0 radical (unpaired) electrons. The Morgan fingerprint density at radius 1 is 1.20 bits per heavy atom. The molecule has 15 heavy (non-hydrogen) atoms. The summed E-state index contributed by atoms with van der Waals surface area (Å²) in [6.45, 7) is 6.79. The van der Waals surface area contributed by atoms with Crippen LogP contribution in [0.3, 0.4) is 0 Å². The van der Waals surface area contributed by atoms with Gasteiger partial charge in [-0.25, -0.2) is 0 Å². The van der Waals surface area contributed by atoms with Gasteiger partial charge in [-0.05, 0) is 37.8 Å². The summed E-state index contributed by atoms with van der Waals surface area (Å²) in [6.07, 6.45) is 13.1. The van der Waals surface area contributed by atoms with Crippen molar-refractivity contribution in [2.45, 2.75) is 52.4 Å². The Bertz CT molecular complexity index is 166. The second-order valence-corrected chi connectivity index (χ2v) is 5.24. The van der Waals surface area contributed by atoms with Gasteiger partial charge in [0, 0.05) is 0 Å². The highest BCUT2D eigenvalue weighted by atomic mass is 14.8. The third-order valence-electron chi connectivity index (χ3n) is 3.15. The Kier molecular flexibility index (Phi) is 6.74. The van der Waals surface area contributed by atoms with E-state index in [9.17, 15) is 0 Å². The van der Waals surface area contributed by atoms with E-state index in [-0.39, 0.29) is 0 Å². The molecule has 0 aromatic heterocycles. The molecule has 1 saturated carbocycles. The third-order valence-corrected chi connectivity index (χ3v) is 3.15. The van der Waals surface area contributed by atoms with Gasteiger partial charge in [0.15, 0.2) is 0 Å². The average molecular weight is 209 g/mol. The van der Waals surface area contributed by atoms with Crippen LogP contribution in [0.2, 0.25) is 0 Å². The zero-order chi connectivity index (χ0) is 10.9. The van der Waals surface area contributed by atoms with Gasteiger partial charge in [-0.1, -0.05) is 51.7 Å². The molecule has 0 heterocycles. The maximum absolute atomic E-state index is 3.46. The molecule has 1 aliphatic carbocycles. The minimum absolute atomic E-state index is 0.771. The molecule has 0 unspecified atom stereocenters. The molecule has 0 aliphatic heterocycles. The van der Waals surface area contributed by atoms with E-state index in [1.807, 2.05) is 0 Å². The molecule has 1 aliphatic rings. The number of rotatable bonds is 7. The zero-order valence-corrected chi connectivity index (χ0v) is 10.5. The van der Waals surface area contributed by atoms with Crippen molar-refractivity contribution in [1.82, 2.24) is 5.32 Å². The van der Waals surface area contributed by atoms with Crippen molar-refractivity contribution >= 4 is 0 Å². The molecule has 1 fully saturated rings. The molecule has 0 atom stereocenters. The Morgan fingerprint density at radius 3 is 2.60 bits per heavy atom. The van der Waals surface area contributed by atoms with E-state index in [4.69, 9.17) is 0 Å². The maximum Gasteiger partial charge on any atom is -0.00142 e. The molecule has 0 spiro atoms. The summed E-state index contributed by atoms with van der Waals surface area (Å²) in [4.78, 5) is 0. The lowest BCUT2D eigenvalue weighted by Gasteiger charge is -2.05. The standard InChI is InChI=1S/C14H27N/c1-13(2)12-15-11-7-3-4-8-14-9-5-6-10-14/h3-4,13-15H,5-12H2,1-2H3. The van der Waals surface area contributed by atoms with E-state index >= 15 is 0 Å². The molecule has 0 aromatic rings. The van der Waals surface area contributed by atoms with Crippen LogP contribution in [0, 0.1) is 11.8 Å². The van der Waals surface area contributed by atoms with Crippen molar-refractivity contribution in [2.75, 3.05) is 13.1 Å². The molecule has 0 saturated heterocycles. The second kappa shape index (κ2) is 7.92. The van der Waals surface area contributed by atoms with Gasteiger partial charge in [-0.3, -0.25) is 0 Å². The molecule has 1 rings (SSSR count). The lowest BCUT2D eigenvalue weighted by Crippen LogP contribution is -2.20. The van der Waals surface area contributed by atoms with E-state index in [1.54, 1.807) is 0 Å². The molecule has 1 nitrogen and oxygen atoms in total. The fourth-order valence-electron chi connectivity index (χ4n) is 2.23. The highest BCUT2D eigenvalue weighted by Gasteiger charge is 2.12. The van der Waals surface area contributed by atoms with Crippen LogP contribution in [0.5, 0.6) is 0 Å². The van der Waals surface area contributed by atoms with E-state index < -0.39 is 0 Å². The summed E-state index contributed by atoms with van der Waals surface area (Å²) < 4.78 is 0. The summed E-state index contributed by atoms with van der Waals surface area (Å²) >= 11 is 0. The molecule has 1 heteroatoms. The van der Waals surface area contributed by atoms with Gasteiger partial charge in [0.05, 0.1) is 0 Å². The number of allylic oxidation sites excluding steroid dienone is 1. The first kappa shape index (κ1) is 12.8. The van der Waals surface area contributed by atoms with Crippen LogP contribution in [-0.4, -0.2) is 13.1 Å². The normalized spacial score (nSPS) is 18.3. The molecule has 0 amide bonds. The van der Waals surface area contributed by atoms with Crippen molar-refractivity contribution in [3.63, 3.8) is 0 Å². The Morgan fingerprint density at radius 2 is 1.93 bits per heavy atom. The second-order valence-electron chi connectivity index (χ2n) is 5.24. The predicted molar refractivity (Wildman–Crippen MR) is 68.0 cm³/mol. The van der Waals surface area contributed by atoms with Crippen molar-refractivity contribution < 1.29 is 0 Å². The summed E-state index contributed by atoms with van der Waals surface area (Å²) in [5.41, 5.74) is 0. The van der Waals surface area contributed by atoms with Crippen LogP contribution in [-0.2, 0) is 0 Å². The summed E-state index contributed by atoms with van der Waals surface area (Å²) in [6, 6.07) is 0. The number of nitrogens with one attached hydrogen (secondary N) is 1. The minimum atomic E-state index is 0.771. The predicted octanol–water partition coefficient (Wildman–Crippen LogP) is 3.76. The van der Waals surface area contributed by atoms with Gasteiger partial charge >= 0.3 is 0 Å². The fraction of sp³-hybridized carbons (Fsp3) is 0.857. The van der Waals surface area contributed by atoms with Gasteiger partial charge in [0.1, 0.15) is 0 Å². The van der Waals surface area contributed by atoms with Crippen LogP contribution in [0.15, 0.2) is 12.2 Å². The number of hydrogen-bond acceptors (Lipinski definition) is 1. The maximum atomic E-state index is 3.46. The Hall–Kier alpha value is -0.300. The van der Waals surface area contributed by atoms with Crippen LogP contribution in [0.1, 0.15) is 52.4 Å². The molecule has 1 N–H and O–H groups in total. The van der Waals surface area contributed by atoms with Crippen molar-refractivity contribution in [1.29, 1.82) is 0 Å². The van der Waals surface area contributed by atoms with Gasteiger partial charge in [-0.15, -0.1) is 0 Å². The van der Waals surface area contributed by atoms with E-state index in [0.717, 1.165) is 24.9 Å². The molecule has 88 valence electrons. The van der Waals surface area contributed by atoms with Crippen LogP contribution in [0.25, 0.3) is 0 Å². The SMILES string of the molecule is CC(C)CNCCC=CCC1CCCC1. The van der Waals surface area contributed by atoms with E-state index in [0.29, 0.717) is 0 Å². The highest BCUT2D eigenvalue weighted by Crippen LogP contribution is 2.27. The third kappa shape index (κ3) is 6.72. The average Bonchev–Trinajstić information content (AvgIpc) is 2.68. The monoisotopic (exact) mass is 209 g/mol. The topological polar surface area (TPSA) is 12.0 Å². The van der Waals surface area contributed by atoms with Gasteiger partial charge < -0.3 is 5.32 Å². The summed E-state index contributed by atoms with van der Waals surface area (Å²) in [5, 5.41) is 3.46. The highest BCUT2D eigenvalue weighted by molar-refractivity contribution is 4.86. The number of hydrogen-bond donors (Lipinski definition) is 1.